The number of rotatable bonds is 1. The van der Waals surface area contributed by atoms with Crippen molar-refractivity contribution in [1.82, 2.24) is 0 Å². The van der Waals surface area contributed by atoms with Gasteiger partial charge in [0.1, 0.15) is 0 Å². The highest BCUT2D eigenvalue weighted by atomic mass is 14.8. The van der Waals surface area contributed by atoms with Crippen molar-refractivity contribution in [3.8, 4) is 0 Å². The van der Waals surface area contributed by atoms with Gasteiger partial charge in [0.15, 0.2) is 0 Å². The van der Waals surface area contributed by atoms with Crippen molar-refractivity contribution in [2.75, 3.05) is 6.54 Å². The summed E-state index contributed by atoms with van der Waals surface area (Å²) in [5.41, 5.74) is 1.20. The van der Waals surface area contributed by atoms with Crippen LogP contribution in [0.3, 0.4) is 0 Å². The molecule has 1 heterocycles. The minimum absolute atomic E-state index is 0.722. The van der Waals surface area contributed by atoms with Crippen LogP contribution in [0.5, 0.6) is 0 Å². The maximum Gasteiger partial charge on any atom is 0.0742 e. The van der Waals surface area contributed by atoms with E-state index < -0.39 is 0 Å². The lowest BCUT2D eigenvalue weighted by Gasteiger charge is -1.87. The van der Waals surface area contributed by atoms with E-state index in [1.807, 2.05) is 12.4 Å². The highest BCUT2D eigenvalue weighted by Crippen LogP contribution is 1.98. The fraction of sp³-hybridized carbons (Fsp3) is 0.429. The van der Waals surface area contributed by atoms with Crippen LogP contribution < -0.4 is 0 Å². The number of hydrogen-bond donors (Lipinski definition) is 0. The van der Waals surface area contributed by atoms with E-state index in [9.17, 15) is 0 Å². The number of nitrogens with zero attached hydrogens (tertiary/aromatic N) is 2. The molecular weight excluding hydrogens is 112 g/mol. The fourth-order valence-electron chi connectivity index (χ4n) is 0.629. The van der Waals surface area contributed by atoms with Gasteiger partial charge in [0.25, 0.3) is 0 Å². The van der Waals surface area contributed by atoms with Gasteiger partial charge in [-0.25, -0.2) is 0 Å². The molecule has 0 amide bonds. The molecule has 0 fully saturated rings. The first-order valence-electron chi connectivity index (χ1n) is 3.14. The van der Waals surface area contributed by atoms with Crippen molar-refractivity contribution in [3.63, 3.8) is 0 Å². The van der Waals surface area contributed by atoms with Gasteiger partial charge >= 0.3 is 0 Å². The third-order valence-corrected chi connectivity index (χ3v) is 1.20. The largest absolute Gasteiger partial charge is 0.287 e. The molecular formula is C7H10N2. The highest BCUT2D eigenvalue weighted by molar-refractivity contribution is 5.81. The van der Waals surface area contributed by atoms with E-state index in [1.54, 1.807) is 6.21 Å². The average molecular weight is 122 g/mol. The van der Waals surface area contributed by atoms with Gasteiger partial charge < -0.3 is 0 Å². The molecule has 48 valence electrons. The van der Waals surface area contributed by atoms with Crippen molar-refractivity contribution in [2.45, 2.75) is 13.3 Å². The molecule has 2 nitrogen and oxygen atoms in total. The predicted octanol–water partition coefficient (Wildman–Crippen LogP) is 1.44. The zero-order valence-corrected chi connectivity index (χ0v) is 5.54. The molecule has 0 saturated heterocycles. The minimum atomic E-state index is 0.722. The molecule has 1 aliphatic heterocycles. The van der Waals surface area contributed by atoms with Gasteiger partial charge in [0.05, 0.1) is 6.54 Å². The van der Waals surface area contributed by atoms with Crippen LogP contribution in [-0.2, 0) is 0 Å². The molecule has 0 atom stereocenters. The van der Waals surface area contributed by atoms with E-state index in [-0.39, 0.29) is 0 Å². The van der Waals surface area contributed by atoms with Crippen LogP contribution in [0.4, 0.5) is 0 Å². The van der Waals surface area contributed by atoms with E-state index in [1.165, 1.54) is 5.57 Å². The van der Waals surface area contributed by atoms with Crippen molar-refractivity contribution >= 4 is 12.4 Å². The van der Waals surface area contributed by atoms with Gasteiger partial charge in [0.2, 0.25) is 0 Å². The quantitative estimate of drug-likeness (QED) is 0.502. The zero-order chi connectivity index (χ0) is 6.53. The molecule has 0 aromatic heterocycles. The molecule has 0 saturated carbocycles. The Labute approximate surface area is 55.0 Å². The van der Waals surface area contributed by atoms with Gasteiger partial charge in [-0.05, 0) is 12.0 Å². The molecule has 2 heteroatoms. The van der Waals surface area contributed by atoms with Gasteiger partial charge in [0, 0.05) is 18.6 Å². The lowest BCUT2D eigenvalue weighted by molar-refractivity contribution is 1.17. The Morgan fingerprint density at radius 1 is 1.67 bits per heavy atom. The van der Waals surface area contributed by atoms with Crippen LogP contribution in [0.2, 0.25) is 0 Å². The minimum Gasteiger partial charge on any atom is -0.287 e. The van der Waals surface area contributed by atoms with Crippen LogP contribution in [0.15, 0.2) is 21.8 Å². The molecule has 0 N–H and O–H groups in total. The van der Waals surface area contributed by atoms with E-state index in [4.69, 9.17) is 0 Å². The standard InChI is InChI=1S/C7H10N2/c1-2-7-5-8-3-4-9-6-7/h3,5-6H,2,4H2,1H3. The number of hydrogen-bond acceptors (Lipinski definition) is 2. The molecule has 0 unspecified atom stereocenters. The Hall–Kier alpha value is -0.920. The highest BCUT2D eigenvalue weighted by Gasteiger charge is 1.88. The summed E-state index contributed by atoms with van der Waals surface area (Å²) in [6.07, 6.45) is 6.56. The lowest BCUT2D eigenvalue weighted by atomic mass is 10.2. The lowest BCUT2D eigenvalue weighted by Crippen LogP contribution is -1.80. The molecule has 9 heavy (non-hydrogen) atoms. The summed E-state index contributed by atoms with van der Waals surface area (Å²) in [6.45, 7) is 2.82. The SMILES string of the molecule is CCC1=CN=CCN=C1. The first kappa shape index (κ1) is 6.20. The molecule has 0 aromatic carbocycles. The fourth-order valence-corrected chi connectivity index (χ4v) is 0.629. The van der Waals surface area contributed by atoms with E-state index in [2.05, 4.69) is 16.9 Å². The van der Waals surface area contributed by atoms with Crippen LogP contribution in [0.1, 0.15) is 13.3 Å². The Morgan fingerprint density at radius 2 is 2.56 bits per heavy atom. The molecule has 0 aromatic rings. The molecule has 0 spiro atoms. The summed E-state index contributed by atoms with van der Waals surface area (Å²) in [5.74, 6) is 0. The van der Waals surface area contributed by atoms with Crippen molar-refractivity contribution in [1.29, 1.82) is 0 Å². The summed E-state index contributed by atoms with van der Waals surface area (Å²) >= 11 is 0. The topological polar surface area (TPSA) is 24.7 Å². The van der Waals surface area contributed by atoms with Gasteiger partial charge in [-0.3, -0.25) is 9.98 Å². The van der Waals surface area contributed by atoms with Gasteiger partial charge in [-0.2, -0.15) is 0 Å². The maximum atomic E-state index is 4.08. The van der Waals surface area contributed by atoms with Gasteiger partial charge in [-0.1, -0.05) is 6.92 Å². The first-order chi connectivity index (χ1) is 4.43. The van der Waals surface area contributed by atoms with Crippen molar-refractivity contribution in [3.05, 3.63) is 11.8 Å². The second kappa shape index (κ2) is 3.17. The summed E-state index contributed by atoms with van der Waals surface area (Å²) < 4.78 is 0. The Kier molecular flexibility index (Phi) is 2.19. The van der Waals surface area contributed by atoms with E-state index in [0.29, 0.717) is 0 Å². The Morgan fingerprint density at radius 3 is 3.33 bits per heavy atom. The molecule has 1 rings (SSSR count). The Balaban J connectivity index is 2.67. The Bertz CT molecular complexity index is 166. The van der Waals surface area contributed by atoms with Crippen molar-refractivity contribution in [2.24, 2.45) is 9.98 Å². The molecule has 1 aliphatic rings. The average Bonchev–Trinajstić information content (AvgIpc) is 2.13. The van der Waals surface area contributed by atoms with E-state index >= 15 is 0 Å². The molecule has 0 aliphatic carbocycles. The number of aliphatic imine (C=N–C) groups is 2. The maximum absolute atomic E-state index is 4.08. The third kappa shape index (κ3) is 1.80. The summed E-state index contributed by atoms with van der Waals surface area (Å²) in [4.78, 5) is 8.09. The van der Waals surface area contributed by atoms with Crippen LogP contribution >= 0.6 is 0 Å². The summed E-state index contributed by atoms with van der Waals surface area (Å²) in [6, 6.07) is 0. The van der Waals surface area contributed by atoms with Gasteiger partial charge in [-0.15, -0.1) is 0 Å². The zero-order valence-electron chi connectivity index (χ0n) is 5.54. The molecule has 0 radical (unpaired) electrons. The normalized spacial score (nSPS) is 17.2. The smallest absolute Gasteiger partial charge is 0.0742 e. The van der Waals surface area contributed by atoms with E-state index in [0.717, 1.165) is 13.0 Å². The predicted molar refractivity (Wildman–Crippen MR) is 40.2 cm³/mol. The van der Waals surface area contributed by atoms with Crippen LogP contribution in [0, 0.1) is 0 Å². The monoisotopic (exact) mass is 122 g/mol. The van der Waals surface area contributed by atoms with Crippen molar-refractivity contribution < 1.29 is 0 Å². The first-order valence-corrected chi connectivity index (χ1v) is 3.14. The summed E-state index contributed by atoms with van der Waals surface area (Å²) in [5, 5.41) is 0. The number of allylic oxidation sites excluding steroid dienone is 1. The van der Waals surface area contributed by atoms with Crippen LogP contribution in [-0.4, -0.2) is 19.0 Å². The second-order valence-corrected chi connectivity index (χ2v) is 1.88. The second-order valence-electron chi connectivity index (χ2n) is 1.88. The third-order valence-electron chi connectivity index (χ3n) is 1.20. The molecule has 0 bridgehead atoms. The summed E-state index contributed by atoms with van der Waals surface area (Å²) in [7, 11) is 0. The van der Waals surface area contributed by atoms with Crippen LogP contribution in [0.25, 0.3) is 0 Å².